The van der Waals surface area contributed by atoms with Crippen LogP contribution in [0.3, 0.4) is 0 Å². The van der Waals surface area contributed by atoms with Crippen LogP contribution in [-0.2, 0) is 0 Å². The third kappa shape index (κ3) is 3.61. The van der Waals surface area contributed by atoms with E-state index in [1.54, 1.807) is 0 Å². The Morgan fingerprint density at radius 3 is 2.56 bits per heavy atom. The van der Waals surface area contributed by atoms with E-state index in [9.17, 15) is 0 Å². The SMILES string of the molecule is CCC1(C)CCN(CC2CCNCC2)C1.Cl. The molecule has 1 atom stereocenters. The first-order valence-electron chi connectivity index (χ1n) is 6.65. The Balaban J connectivity index is 0.00000128. The number of hydrogen-bond acceptors (Lipinski definition) is 2. The molecule has 2 nitrogen and oxygen atoms in total. The van der Waals surface area contributed by atoms with Gasteiger partial charge in [-0.15, -0.1) is 12.4 Å². The van der Waals surface area contributed by atoms with Crippen LogP contribution in [0.1, 0.15) is 39.5 Å². The van der Waals surface area contributed by atoms with Crippen LogP contribution in [0, 0.1) is 11.3 Å². The van der Waals surface area contributed by atoms with E-state index in [-0.39, 0.29) is 12.4 Å². The summed E-state index contributed by atoms with van der Waals surface area (Å²) in [5.41, 5.74) is 0.618. The van der Waals surface area contributed by atoms with Gasteiger partial charge in [-0.05, 0) is 56.7 Å². The first kappa shape index (κ1) is 14.3. The molecule has 2 saturated heterocycles. The van der Waals surface area contributed by atoms with Gasteiger partial charge in [0.2, 0.25) is 0 Å². The minimum Gasteiger partial charge on any atom is -0.317 e. The average Bonchev–Trinajstić information content (AvgIpc) is 2.63. The number of likely N-dealkylation sites (tertiary alicyclic amines) is 1. The summed E-state index contributed by atoms with van der Waals surface area (Å²) in [7, 11) is 0. The minimum atomic E-state index is 0. The van der Waals surface area contributed by atoms with Gasteiger partial charge in [0.25, 0.3) is 0 Å². The van der Waals surface area contributed by atoms with Crippen LogP contribution in [0.15, 0.2) is 0 Å². The molecule has 0 amide bonds. The van der Waals surface area contributed by atoms with Crippen molar-refractivity contribution in [1.29, 1.82) is 0 Å². The topological polar surface area (TPSA) is 15.3 Å². The van der Waals surface area contributed by atoms with E-state index in [4.69, 9.17) is 0 Å². The van der Waals surface area contributed by atoms with E-state index < -0.39 is 0 Å². The number of nitrogens with zero attached hydrogens (tertiary/aromatic N) is 1. The van der Waals surface area contributed by atoms with Crippen molar-refractivity contribution in [2.24, 2.45) is 11.3 Å². The lowest BCUT2D eigenvalue weighted by molar-refractivity contribution is 0.214. The van der Waals surface area contributed by atoms with Crippen molar-refractivity contribution < 1.29 is 0 Å². The number of hydrogen-bond donors (Lipinski definition) is 1. The van der Waals surface area contributed by atoms with Crippen molar-refractivity contribution >= 4 is 12.4 Å². The highest BCUT2D eigenvalue weighted by Crippen LogP contribution is 2.33. The molecule has 0 saturated carbocycles. The summed E-state index contributed by atoms with van der Waals surface area (Å²) in [6.07, 6.45) is 5.53. The normalized spacial score (nSPS) is 32.6. The fourth-order valence-electron chi connectivity index (χ4n) is 3.00. The Morgan fingerprint density at radius 2 is 2.00 bits per heavy atom. The summed E-state index contributed by atoms with van der Waals surface area (Å²) < 4.78 is 0. The van der Waals surface area contributed by atoms with Gasteiger partial charge in [0.05, 0.1) is 0 Å². The summed E-state index contributed by atoms with van der Waals surface area (Å²) in [5.74, 6) is 0.963. The predicted molar refractivity (Wildman–Crippen MR) is 72.3 cm³/mol. The Bertz CT molecular complexity index is 204. The zero-order valence-electron chi connectivity index (χ0n) is 10.8. The summed E-state index contributed by atoms with van der Waals surface area (Å²) >= 11 is 0. The molecule has 3 heteroatoms. The Labute approximate surface area is 107 Å². The molecule has 2 heterocycles. The maximum Gasteiger partial charge on any atom is 0.00358 e. The van der Waals surface area contributed by atoms with Gasteiger partial charge in [-0.1, -0.05) is 13.8 Å². The molecule has 0 bridgehead atoms. The second-order valence-electron chi connectivity index (χ2n) is 5.84. The van der Waals surface area contributed by atoms with Gasteiger partial charge in [0, 0.05) is 13.1 Å². The van der Waals surface area contributed by atoms with E-state index in [0.717, 1.165) is 5.92 Å². The molecule has 1 N–H and O–H groups in total. The van der Waals surface area contributed by atoms with Gasteiger partial charge in [0.1, 0.15) is 0 Å². The van der Waals surface area contributed by atoms with Gasteiger partial charge in [-0.3, -0.25) is 0 Å². The van der Waals surface area contributed by atoms with Crippen LogP contribution in [0.2, 0.25) is 0 Å². The van der Waals surface area contributed by atoms with Crippen LogP contribution in [0.5, 0.6) is 0 Å². The number of rotatable bonds is 3. The lowest BCUT2D eigenvalue weighted by Gasteiger charge is -2.28. The first-order valence-corrected chi connectivity index (χ1v) is 6.65. The molecule has 2 aliphatic rings. The van der Waals surface area contributed by atoms with E-state index in [1.807, 2.05) is 0 Å². The molecule has 2 aliphatic heterocycles. The summed E-state index contributed by atoms with van der Waals surface area (Å²) in [6, 6.07) is 0. The van der Waals surface area contributed by atoms with E-state index in [0.29, 0.717) is 5.41 Å². The third-order valence-electron chi connectivity index (χ3n) is 4.47. The smallest absolute Gasteiger partial charge is 0.00358 e. The molecule has 0 spiro atoms. The molecule has 0 aromatic carbocycles. The second-order valence-corrected chi connectivity index (χ2v) is 5.84. The van der Waals surface area contributed by atoms with Crippen molar-refractivity contribution in [3.63, 3.8) is 0 Å². The fourth-order valence-corrected chi connectivity index (χ4v) is 3.00. The number of piperidine rings is 1. The predicted octanol–water partition coefficient (Wildman–Crippen LogP) is 2.53. The van der Waals surface area contributed by atoms with Crippen molar-refractivity contribution in [3.8, 4) is 0 Å². The quantitative estimate of drug-likeness (QED) is 0.824. The molecule has 0 aliphatic carbocycles. The zero-order valence-corrected chi connectivity index (χ0v) is 11.6. The van der Waals surface area contributed by atoms with Crippen LogP contribution >= 0.6 is 12.4 Å². The van der Waals surface area contributed by atoms with Crippen LogP contribution in [-0.4, -0.2) is 37.6 Å². The monoisotopic (exact) mass is 246 g/mol. The first-order chi connectivity index (χ1) is 7.22. The summed E-state index contributed by atoms with van der Waals surface area (Å²) in [4.78, 5) is 2.71. The van der Waals surface area contributed by atoms with Crippen molar-refractivity contribution in [2.75, 3.05) is 32.7 Å². The van der Waals surface area contributed by atoms with Gasteiger partial charge in [0.15, 0.2) is 0 Å². The fraction of sp³-hybridized carbons (Fsp3) is 1.00. The van der Waals surface area contributed by atoms with Gasteiger partial charge in [-0.25, -0.2) is 0 Å². The van der Waals surface area contributed by atoms with E-state index in [2.05, 4.69) is 24.1 Å². The molecule has 0 aromatic rings. The molecular formula is C13H27ClN2. The van der Waals surface area contributed by atoms with Crippen molar-refractivity contribution in [1.82, 2.24) is 10.2 Å². The molecule has 16 heavy (non-hydrogen) atoms. The van der Waals surface area contributed by atoms with Crippen molar-refractivity contribution in [3.05, 3.63) is 0 Å². The lowest BCUT2D eigenvalue weighted by Crippen LogP contribution is -2.36. The molecule has 2 fully saturated rings. The van der Waals surface area contributed by atoms with E-state index in [1.165, 1.54) is 58.4 Å². The molecule has 0 aromatic heterocycles. The van der Waals surface area contributed by atoms with Crippen LogP contribution in [0.4, 0.5) is 0 Å². The second kappa shape index (κ2) is 6.23. The summed E-state index contributed by atoms with van der Waals surface area (Å²) in [5, 5.41) is 3.45. The van der Waals surface area contributed by atoms with Gasteiger partial charge >= 0.3 is 0 Å². The van der Waals surface area contributed by atoms with Gasteiger partial charge < -0.3 is 10.2 Å². The third-order valence-corrected chi connectivity index (χ3v) is 4.47. The van der Waals surface area contributed by atoms with Crippen molar-refractivity contribution in [2.45, 2.75) is 39.5 Å². The minimum absolute atomic E-state index is 0. The molecule has 2 rings (SSSR count). The Morgan fingerprint density at radius 1 is 1.31 bits per heavy atom. The van der Waals surface area contributed by atoms with E-state index >= 15 is 0 Å². The largest absolute Gasteiger partial charge is 0.317 e. The zero-order chi connectivity index (χ0) is 10.7. The lowest BCUT2D eigenvalue weighted by atomic mass is 9.87. The summed E-state index contributed by atoms with van der Waals surface area (Å²) in [6.45, 7) is 11.3. The maximum atomic E-state index is 3.45. The van der Waals surface area contributed by atoms with Crippen LogP contribution < -0.4 is 5.32 Å². The highest BCUT2D eigenvalue weighted by atomic mass is 35.5. The van der Waals surface area contributed by atoms with Gasteiger partial charge in [-0.2, -0.15) is 0 Å². The standard InChI is InChI=1S/C13H26N2.ClH/c1-3-13(2)6-9-15(11-13)10-12-4-7-14-8-5-12;/h12,14H,3-11H2,1-2H3;1H. The maximum absolute atomic E-state index is 3.45. The van der Waals surface area contributed by atoms with Crippen LogP contribution in [0.25, 0.3) is 0 Å². The Kier molecular flexibility index (Phi) is 5.55. The Hall–Kier alpha value is 0.210. The highest BCUT2D eigenvalue weighted by molar-refractivity contribution is 5.85. The number of halogens is 1. The highest BCUT2D eigenvalue weighted by Gasteiger charge is 2.32. The molecular weight excluding hydrogens is 220 g/mol. The molecule has 1 unspecified atom stereocenters. The average molecular weight is 247 g/mol. The number of nitrogens with one attached hydrogen (secondary N) is 1. The molecule has 0 radical (unpaired) electrons. The molecule has 96 valence electrons.